The van der Waals surface area contributed by atoms with E-state index in [0.29, 0.717) is 17.9 Å². The Morgan fingerprint density at radius 1 is 1.25 bits per heavy atom. The molecule has 0 saturated carbocycles. The Labute approximate surface area is 122 Å². The molecule has 0 unspecified atom stereocenters. The van der Waals surface area contributed by atoms with Crippen molar-refractivity contribution >= 4 is 23.4 Å². The molecule has 5 heteroatoms. The number of ether oxygens (including phenoxy) is 1. The molecule has 0 aliphatic heterocycles. The van der Waals surface area contributed by atoms with E-state index in [-0.39, 0.29) is 0 Å². The summed E-state index contributed by atoms with van der Waals surface area (Å²) in [6.45, 7) is 3.27. The predicted molar refractivity (Wildman–Crippen MR) is 81.6 cm³/mol. The number of hydrogen-bond acceptors (Lipinski definition) is 3. The van der Waals surface area contributed by atoms with Crippen molar-refractivity contribution in [1.82, 2.24) is 14.5 Å². The summed E-state index contributed by atoms with van der Waals surface area (Å²) >= 11 is 5.35. The molecule has 1 N–H and O–H groups in total. The fourth-order valence-corrected chi connectivity index (χ4v) is 2.43. The van der Waals surface area contributed by atoms with E-state index < -0.39 is 0 Å². The number of hydrogen-bond donors (Lipinski definition) is 1. The molecule has 2 aromatic heterocycles. The highest BCUT2D eigenvalue weighted by Gasteiger charge is 2.07. The molecule has 0 spiro atoms. The fraction of sp³-hybridized carbons (Fsp3) is 0.200. The van der Waals surface area contributed by atoms with Crippen LogP contribution in [0.1, 0.15) is 5.56 Å². The largest absolute Gasteiger partial charge is 0.492 e. The summed E-state index contributed by atoms with van der Waals surface area (Å²) in [6.07, 6.45) is 1.80. The van der Waals surface area contributed by atoms with E-state index in [0.717, 1.165) is 22.5 Å². The van der Waals surface area contributed by atoms with Gasteiger partial charge in [-0.3, -0.25) is 4.57 Å². The molecule has 3 aromatic rings. The first-order valence-electron chi connectivity index (χ1n) is 6.47. The second kappa shape index (κ2) is 5.46. The summed E-state index contributed by atoms with van der Waals surface area (Å²) < 4.78 is 8.36. The van der Waals surface area contributed by atoms with Crippen LogP contribution in [0.3, 0.4) is 0 Å². The summed E-state index contributed by atoms with van der Waals surface area (Å²) in [7, 11) is 0. The molecular weight excluding hydrogens is 270 g/mol. The Kier molecular flexibility index (Phi) is 3.52. The van der Waals surface area contributed by atoms with Crippen LogP contribution < -0.4 is 4.74 Å². The molecule has 0 saturated heterocycles. The van der Waals surface area contributed by atoms with E-state index in [2.05, 4.69) is 9.97 Å². The van der Waals surface area contributed by atoms with Gasteiger partial charge < -0.3 is 9.72 Å². The highest BCUT2D eigenvalue weighted by molar-refractivity contribution is 7.71. The highest BCUT2D eigenvalue weighted by atomic mass is 32.1. The highest BCUT2D eigenvalue weighted by Crippen LogP contribution is 2.15. The third-order valence-electron chi connectivity index (χ3n) is 3.20. The van der Waals surface area contributed by atoms with Crippen LogP contribution in [0.25, 0.3) is 11.2 Å². The lowest BCUT2D eigenvalue weighted by molar-refractivity contribution is 0.299. The molecule has 0 amide bonds. The number of para-hydroxylation sites is 1. The van der Waals surface area contributed by atoms with E-state index in [9.17, 15) is 0 Å². The molecule has 20 heavy (non-hydrogen) atoms. The Morgan fingerprint density at radius 2 is 2.05 bits per heavy atom. The number of imidazole rings is 1. The molecule has 0 radical (unpaired) electrons. The number of fused-ring (bicyclic) bond motifs is 1. The minimum absolute atomic E-state index is 0.556. The Balaban J connectivity index is 1.80. The maximum atomic E-state index is 5.70. The van der Waals surface area contributed by atoms with Crippen LogP contribution in [-0.2, 0) is 6.54 Å². The summed E-state index contributed by atoms with van der Waals surface area (Å²) in [6, 6.07) is 11.7. The lowest BCUT2D eigenvalue weighted by Crippen LogP contribution is -2.08. The number of rotatable bonds is 4. The van der Waals surface area contributed by atoms with Gasteiger partial charge in [0, 0.05) is 6.20 Å². The van der Waals surface area contributed by atoms with Crippen LogP contribution in [0.15, 0.2) is 42.6 Å². The summed E-state index contributed by atoms with van der Waals surface area (Å²) in [5, 5.41) is 0. The molecule has 102 valence electrons. The molecule has 2 heterocycles. The molecular formula is C15H15N3OS. The number of aromatic amines is 1. The molecule has 0 aliphatic carbocycles. The fourth-order valence-electron chi connectivity index (χ4n) is 2.15. The van der Waals surface area contributed by atoms with E-state index in [1.807, 2.05) is 47.9 Å². The first kappa shape index (κ1) is 12.9. The Bertz CT molecular complexity index is 777. The van der Waals surface area contributed by atoms with Crippen LogP contribution in [0.2, 0.25) is 0 Å². The smallest absolute Gasteiger partial charge is 0.179 e. The van der Waals surface area contributed by atoms with Crippen molar-refractivity contribution in [3.05, 3.63) is 52.9 Å². The molecule has 0 atom stereocenters. The van der Waals surface area contributed by atoms with Crippen LogP contribution in [0.4, 0.5) is 0 Å². The quantitative estimate of drug-likeness (QED) is 0.746. The lowest BCUT2D eigenvalue weighted by atomic mass is 10.3. The predicted octanol–water partition coefficient (Wildman–Crippen LogP) is 3.48. The molecule has 1 aromatic carbocycles. The number of nitrogens with one attached hydrogen (secondary N) is 1. The zero-order valence-corrected chi connectivity index (χ0v) is 12.0. The van der Waals surface area contributed by atoms with Gasteiger partial charge in [0.2, 0.25) is 0 Å². The van der Waals surface area contributed by atoms with Crippen molar-refractivity contribution in [1.29, 1.82) is 0 Å². The Morgan fingerprint density at radius 3 is 2.85 bits per heavy atom. The van der Waals surface area contributed by atoms with Crippen molar-refractivity contribution in [2.24, 2.45) is 0 Å². The van der Waals surface area contributed by atoms with Gasteiger partial charge in [0.25, 0.3) is 0 Å². The monoisotopic (exact) mass is 285 g/mol. The van der Waals surface area contributed by atoms with E-state index in [1.54, 1.807) is 6.20 Å². The minimum atomic E-state index is 0.556. The number of aromatic nitrogens is 3. The van der Waals surface area contributed by atoms with Gasteiger partial charge in [0.05, 0.1) is 12.1 Å². The lowest BCUT2D eigenvalue weighted by Gasteiger charge is -2.07. The van der Waals surface area contributed by atoms with Crippen molar-refractivity contribution in [2.75, 3.05) is 6.61 Å². The van der Waals surface area contributed by atoms with E-state index >= 15 is 0 Å². The normalized spacial score (nSPS) is 10.8. The zero-order valence-electron chi connectivity index (χ0n) is 11.2. The number of aryl methyl sites for hydroxylation is 1. The number of pyridine rings is 1. The van der Waals surface area contributed by atoms with E-state index in [4.69, 9.17) is 17.0 Å². The summed E-state index contributed by atoms with van der Waals surface area (Å²) in [5.41, 5.74) is 3.02. The average molecular weight is 285 g/mol. The Hall–Kier alpha value is -2.14. The molecule has 0 bridgehead atoms. The van der Waals surface area contributed by atoms with Gasteiger partial charge in [-0.05, 0) is 42.9 Å². The second-order valence-electron chi connectivity index (χ2n) is 4.57. The number of H-pyrrole nitrogens is 1. The van der Waals surface area contributed by atoms with Gasteiger partial charge >= 0.3 is 0 Å². The number of nitrogens with zero attached hydrogens (tertiary/aromatic N) is 2. The van der Waals surface area contributed by atoms with Crippen molar-refractivity contribution in [3.8, 4) is 5.75 Å². The molecule has 0 fully saturated rings. The van der Waals surface area contributed by atoms with Crippen LogP contribution in [-0.4, -0.2) is 21.1 Å². The third-order valence-corrected chi connectivity index (χ3v) is 3.52. The maximum Gasteiger partial charge on any atom is 0.179 e. The van der Waals surface area contributed by atoms with Gasteiger partial charge in [-0.1, -0.05) is 18.2 Å². The van der Waals surface area contributed by atoms with Gasteiger partial charge in [-0.2, -0.15) is 0 Å². The summed E-state index contributed by atoms with van der Waals surface area (Å²) in [4.78, 5) is 7.60. The average Bonchev–Trinajstić information content (AvgIpc) is 2.78. The van der Waals surface area contributed by atoms with Gasteiger partial charge in [-0.15, -0.1) is 0 Å². The number of benzene rings is 1. The van der Waals surface area contributed by atoms with Crippen LogP contribution in [0.5, 0.6) is 5.75 Å². The third kappa shape index (κ3) is 2.44. The van der Waals surface area contributed by atoms with E-state index in [1.165, 1.54) is 0 Å². The van der Waals surface area contributed by atoms with Crippen LogP contribution in [0, 0.1) is 11.7 Å². The SMILES string of the molecule is Cc1ccnc2c1[nH]c(=S)n2CCOc1ccccc1. The standard InChI is InChI=1S/C15H15N3OS/c1-11-7-8-16-14-13(11)17-15(20)18(14)9-10-19-12-5-3-2-4-6-12/h2-8H,9-10H2,1H3,(H,17,20). The molecule has 4 nitrogen and oxygen atoms in total. The second-order valence-corrected chi connectivity index (χ2v) is 4.96. The van der Waals surface area contributed by atoms with Crippen LogP contribution >= 0.6 is 12.2 Å². The van der Waals surface area contributed by atoms with Gasteiger partial charge in [0.15, 0.2) is 10.4 Å². The maximum absolute atomic E-state index is 5.70. The molecule has 0 aliphatic rings. The van der Waals surface area contributed by atoms with Crippen molar-refractivity contribution in [2.45, 2.75) is 13.5 Å². The minimum Gasteiger partial charge on any atom is -0.492 e. The summed E-state index contributed by atoms with van der Waals surface area (Å²) in [5.74, 6) is 0.864. The molecule has 3 rings (SSSR count). The van der Waals surface area contributed by atoms with Gasteiger partial charge in [-0.25, -0.2) is 4.98 Å². The van der Waals surface area contributed by atoms with Gasteiger partial charge in [0.1, 0.15) is 12.4 Å². The van der Waals surface area contributed by atoms with Crippen molar-refractivity contribution in [3.63, 3.8) is 0 Å². The topological polar surface area (TPSA) is 42.8 Å². The first-order chi connectivity index (χ1) is 9.75. The van der Waals surface area contributed by atoms with Crippen molar-refractivity contribution < 1.29 is 4.74 Å². The first-order valence-corrected chi connectivity index (χ1v) is 6.88. The zero-order chi connectivity index (χ0) is 13.9.